The number of hydrogen-bond acceptors (Lipinski definition) is 4. The zero-order valence-electron chi connectivity index (χ0n) is 24.9. The number of likely N-dealkylation sites (tertiary alicyclic amines) is 1. The Labute approximate surface area is 242 Å². The summed E-state index contributed by atoms with van der Waals surface area (Å²) in [5.41, 5.74) is -0.0991. The van der Waals surface area contributed by atoms with Crippen LogP contribution in [0.25, 0.3) is 0 Å². The third-order valence-electron chi connectivity index (χ3n) is 7.77. The molecule has 0 N–H and O–H groups in total. The van der Waals surface area contributed by atoms with Gasteiger partial charge in [-0.05, 0) is 54.5 Å². The maximum atomic E-state index is 13.8. The smallest absolute Gasteiger partial charge is 0.323 e. The van der Waals surface area contributed by atoms with Crippen molar-refractivity contribution in [3.63, 3.8) is 0 Å². The van der Waals surface area contributed by atoms with Gasteiger partial charge >= 0.3 is 5.97 Å². The van der Waals surface area contributed by atoms with Crippen molar-refractivity contribution in [2.75, 3.05) is 6.61 Å². The molecule has 0 spiro atoms. The van der Waals surface area contributed by atoms with E-state index in [-0.39, 0.29) is 17.3 Å². The van der Waals surface area contributed by atoms with E-state index in [2.05, 4.69) is 92.9 Å². The lowest BCUT2D eigenvalue weighted by Crippen LogP contribution is -2.58. The molecule has 40 heavy (non-hydrogen) atoms. The van der Waals surface area contributed by atoms with Crippen molar-refractivity contribution in [1.82, 2.24) is 4.90 Å². The summed E-state index contributed by atoms with van der Waals surface area (Å²) in [6.45, 7) is 18.0. The Morgan fingerprint density at radius 1 is 0.900 bits per heavy atom. The van der Waals surface area contributed by atoms with Crippen molar-refractivity contribution in [3.05, 3.63) is 109 Å². The number of carbonyl (C=O) groups excluding carboxylic acids is 1. The van der Waals surface area contributed by atoms with Crippen molar-refractivity contribution in [3.8, 4) is 0 Å². The van der Waals surface area contributed by atoms with Crippen LogP contribution in [0.2, 0.25) is 0 Å². The Morgan fingerprint density at radius 3 is 1.85 bits per heavy atom. The average molecular weight is 555 g/mol. The molecule has 4 nitrogen and oxygen atoms in total. The molecule has 3 aromatic rings. The Morgan fingerprint density at radius 2 is 1.40 bits per heavy atom. The van der Waals surface area contributed by atoms with Crippen LogP contribution >= 0.6 is 0 Å². The summed E-state index contributed by atoms with van der Waals surface area (Å²) >= 11 is 0. The van der Waals surface area contributed by atoms with Gasteiger partial charge in [0.1, 0.15) is 11.6 Å². The fourth-order valence-electron chi connectivity index (χ4n) is 5.98. The fraction of sp³-hybridized carbons (Fsp3) is 0.400. The molecule has 0 saturated carbocycles. The lowest BCUT2D eigenvalue weighted by molar-refractivity contribution is -0.162. The molecule has 1 aliphatic heterocycles. The molecule has 0 aromatic heterocycles. The third-order valence-corrected chi connectivity index (χ3v) is 9.91. The van der Waals surface area contributed by atoms with Gasteiger partial charge in [-0.1, -0.05) is 118 Å². The van der Waals surface area contributed by atoms with Gasteiger partial charge < -0.3 is 9.16 Å². The van der Waals surface area contributed by atoms with E-state index in [0.717, 1.165) is 5.56 Å². The number of carbonyl (C=O) groups is 1. The van der Waals surface area contributed by atoms with Crippen LogP contribution in [0.5, 0.6) is 0 Å². The minimum Gasteiger partial charge on any atom is -0.459 e. The van der Waals surface area contributed by atoms with Gasteiger partial charge in [-0.15, -0.1) is 6.58 Å². The first-order valence-electron chi connectivity index (χ1n) is 14.2. The first-order valence-corrected chi connectivity index (χ1v) is 15.6. The number of hydrogen-bond donors (Lipinski definition) is 0. The van der Waals surface area contributed by atoms with Gasteiger partial charge in [0.15, 0.2) is 0 Å². The van der Waals surface area contributed by atoms with Crippen LogP contribution < -0.4 is 10.4 Å². The molecule has 1 aliphatic rings. The molecule has 0 unspecified atom stereocenters. The molecule has 5 heteroatoms. The Bertz CT molecular complexity index is 1210. The highest BCUT2D eigenvalue weighted by atomic mass is 28.3. The lowest BCUT2D eigenvalue weighted by atomic mass is 9.69. The lowest BCUT2D eigenvalue weighted by Gasteiger charge is -2.46. The number of nitrogens with zero attached hydrogens (tertiary/aromatic N) is 1. The topological polar surface area (TPSA) is 38.8 Å². The molecule has 211 valence electrons. The van der Waals surface area contributed by atoms with Crippen LogP contribution in [0.15, 0.2) is 104 Å². The average Bonchev–Trinajstić information content (AvgIpc) is 3.24. The largest absolute Gasteiger partial charge is 0.459 e. The van der Waals surface area contributed by atoms with E-state index in [1.54, 1.807) is 0 Å². The molecular weight excluding hydrogens is 510 g/mol. The minimum absolute atomic E-state index is 0.102. The predicted octanol–water partition coefficient (Wildman–Crippen LogP) is 6.01. The van der Waals surface area contributed by atoms with Crippen LogP contribution in [0, 0.1) is 11.3 Å². The van der Waals surface area contributed by atoms with Crippen LogP contribution in [0.3, 0.4) is 0 Å². The standard InChI is InChI=1S/C35H44NO3Si/c1-8-35(26-38-40(28-20-14-10-15-21-28)29-22-16-11-17-23-29)31(33(2,3)4)24-30(32(37)39-34(5,6)7)36(35)25-27-18-12-9-13-19-27/h8-23,30-31H,1,24-26H2,2-7H3/t30-,31+,35+/m1/s1. The number of rotatable bonds is 9. The molecule has 4 rings (SSSR count). The van der Waals surface area contributed by atoms with E-state index in [4.69, 9.17) is 9.16 Å². The highest BCUT2D eigenvalue weighted by molar-refractivity contribution is 6.80. The van der Waals surface area contributed by atoms with Gasteiger partial charge in [-0.25, -0.2) is 0 Å². The van der Waals surface area contributed by atoms with E-state index in [1.165, 1.54) is 10.4 Å². The number of benzene rings is 3. The molecule has 0 bridgehead atoms. The predicted molar refractivity (Wildman–Crippen MR) is 166 cm³/mol. The molecule has 3 atom stereocenters. The Balaban J connectivity index is 1.78. The quantitative estimate of drug-likeness (QED) is 0.184. The number of esters is 1. The second-order valence-electron chi connectivity index (χ2n) is 12.9. The highest BCUT2D eigenvalue weighted by Gasteiger charge is 2.58. The minimum atomic E-state index is -1.55. The molecule has 1 radical (unpaired) electrons. The monoisotopic (exact) mass is 554 g/mol. The first-order chi connectivity index (χ1) is 18.9. The van der Waals surface area contributed by atoms with Crippen LogP contribution in [0.1, 0.15) is 53.5 Å². The molecule has 3 aromatic carbocycles. The van der Waals surface area contributed by atoms with Crippen LogP contribution in [0.4, 0.5) is 0 Å². The zero-order chi connectivity index (χ0) is 29.0. The summed E-state index contributed by atoms with van der Waals surface area (Å²) in [6, 6.07) is 30.9. The summed E-state index contributed by atoms with van der Waals surface area (Å²) in [6.07, 6.45) is 2.73. The maximum Gasteiger partial charge on any atom is 0.323 e. The van der Waals surface area contributed by atoms with Gasteiger partial charge in [-0.3, -0.25) is 9.69 Å². The van der Waals surface area contributed by atoms with Crippen molar-refractivity contribution in [2.45, 2.75) is 71.7 Å². The second-order valence-corrected chi connectivity index (χ2v) is 15.0. The van der Waals surface area contributed by atoms with Crippen molar-refractivity contribution >= 4 is 25.4 Å². The maximum absolute atomic E-state index is 13.8. The SMILES string of the molecule is C=C[C@]1(CO[Si](c2ccccc2)c2ccccc2)[C@H](C(C)(C)C)C[C@H](C(=O)OC(C)(C)C)N1Cc1ccccc1. The van der Waals surface area contributed by atoms with E-state index in [0.29, 0.717) is 19.6 Å². The van der Waals surface area contributed by atoms with Gasteiger partial charge in [0.05, 0.1) is 12.1 Å². The van der Waals surface area contributed by atoms with Crippen molar-refractivity contribution in [2.24, 2.45) is 11.3 Å². The summed E-state index contributed by atoms with van der Waals surface area (Å²) in [5.74, 6) is -0.0634. The Kier molecular flexibility index (Phi) is 9.18. The van der Waals surface area contributed by atoms with Gasteiger partial charge in [0.2, 0.25) is 0 Å². The zero-order valence-corrected chi connectivity index (χ0v) is 25.9. The van der Waals surface area contributed by atoms with Gasteiger partial charge in [-0.2, -0.15) is 0 Å². The Hall–Kier alpha value is -2.99. The van der Waals surface area contributed by atoms with Crippen molar-refractivity contribution < 1.29 is 14.0 Å². The number of ether oxygens (including phenoxy) is 1. The van der Waals surface area contributed by atoms with E-state index >= 15 is 0 Å². The van der Waals surface area contributed by atoms with Gasteiger partial charge in [0, 0.05) is 6.54 Å². The summed E-state index contributed by atoms with van der Waals surface area (Å²) in [4.78, 5) is 16.1. The summed E-state index contributed by atoms with van der Waals surface area (Å²) in [7, 11) is -1.55. The second kappa shape index (κ2) is 12.3. The van der Waals surface area contributed by atoms with Crippen molar-refractivity contribution in [1.29, 1.82) is 0 Å². The summed E-state index contributed by atoms with van der Waals surface area (Å²) in [5, 5.41) is 2.39. The molecule has 0 aliphatic carbocycles. The molecular formula is C35H44NO3Si. The molecule has 0 amide bonds. The fourth-order valence-corrected chi connectivity index (χ4v) is 8.01. The van der Waals surface area contributed by atoms with E-state index in [1.807, 2.05) is 57.2 Å². The summed E-state index contributed by atoms with van der Waals surface area (Å²) < 4.78 is 13.1. The third kappa shape index (κ3) is 6.83. The van der Waals surface area contributed by atoms with E-state index in [9.17, 15) is 4.79 Å². The molecule has 1 saturated heterocycles. The molecule has 1 heterocycles. The van der Waals surface area contributed by atoms with Gasteiger partial charge in [0.25, 0.3) is 9.04 Å². The van der Waals surface area contributed by atoms with E-state index < -0.39 is 26.2 Å². The highest BCUT2D eigenvalue weighted by Crippen LogP contribution is 2.50. The first kappa shape index (κ1) is 30.0. The normalized spacial score (nSPS) is 21.9. The molecule has 1 fully saturated rings. The van der Waals surface area contributed by atoms with Crippen LogP contribution in [-0.4, -0.2) is 43.7 Å². The van der Waals surface area contributed by atoms with Crippen LogP contribution in [-0.2, 0) is 20.5 Å².